The van der Waals surface area contributed by atoms with E-state index in [1.165, 1.54) is 24.1 Å². The number of hydrogen-bond acceptors (Lipinski definition) is 5. The number of anilines is 1. The van der Waals surface area contributed by atoms with Gasteiger partial charge in [0.15, 0.2) is 11.5 Å². The van der Waals surface area contributed by atoms with Gasteiger partial charge in [-0.05, 0) is 44.1 Å². The molecule has 0 amide bonds. The molecule has 1 fully saturated rings. The first-order valence-corrected chi connectivity index (χ1v) is 9.55. The zero-order valence-electron chi connectivity index (χ0n) is 15.4. The van der Waals surface area contributed by atoms with Crippen molar-refractivity contribution in [3.8, 4) is 11.5 Å². The Hall–Kier alpha value is -2.76. The predicted octanol–water partition coefficient (Wildman–Crippen LogP) is 4.90. The van der Waals surface area contributed by atoms with Crippen molar-refractivity contribution in [1.29, 1.82) is 0 Å². The van der Waals surface area contributed by atoms with Crippen LogP contribution in [0.2, 0.25) is 0 Å². The van der Waals surface area contributed by atoms with Crippen LogP contribution >= 0.6 is 0 Å². The second-order valence-electron chi connectivity index (χ2n) is 6.93. The summed E-state index contributed by atoms with van der Waals surface area (Å²) in [7, 11) is 0. The van der Waals surface area contributed by atoms with E-state index in [1.807, 2.05) is 18.2 Å². The largest absolute Gasteiger partial charge is 0.490 e. The van der Waals surface area contributed by atoms with E-state index >= 15 is 0 Å². The Balaban J connectivity index is 1.67. The molecule has 2 aromatic rings. The SMILES string of the molecule is Nc1cc(OCCCc2ccccc2)c(OC2CCCCC2)cc1[N+](=O)[O-]. The minimum atomic E-state index is -0.484. The summed E-state index contributed by atoms with van der Waals surface area (Å²) in [5.74, 6) is 0.902. The second kappa shape index (κ2) is 9.26. The average molecular weight is 370 g/mol. The highest BCUT2D eigenvalue weighted by molar-refractivity contribution is 5.66. The Morgan fingerprint density at radius 2 is 1.81 bits per heavy atom. The van der Waals surface area contributed by atoms with Gasteiger partial charge in [-0.15, -0.1) is 0 Å². The number of benzene rings is 2. The molecule has 1 aliphatic carbocycles. The van der Waals surface area contributed by atoms with E-state index < -0.39 is 4.92 Å². The molecular weight excluding hydrogens is 344 g/mol. The maximum Gasteiger partial charge on any atom is 0.296 e. The summed E-state index contributed by atoms with van der Waals surface area (Å²) < 4.78 is 12.0. The first kappa shape index (κ1) is 19.0. The van der Waals surface area contributed by atoms with Gasteiger partial charge in [0.2, 0.25) is 0 Å². The van der Waals surface area contributed by atoms with Crippen molar-refractivity contribution in [2.45, 2.75) is 51.0 Å². The van der Waals surface area contributed by atoms with Crippen LogP contribution in [0.3, 0.4) is 0 Å². The topological polar surface area (TPSA) is 87.6 Å². The van der Waals surface area contributed by atoms with Gasteiger partial charge in [0, 0.05) is 6.07 Å². The summed E-state index contributed by atoms with van der Waals surface area (Å²) in [5.41, 5.74) is 7.05. The van der Waals surface area contributed by atoms with Gasteiger partial charge < -0.3 is 15.2 Å². The maximum absolute atomic E-state index is 11.2. The van der Waals surface area contributed by atoms with E-state index in [2.05, 4.69) is 12.1 Å². The molecule has 27 heavy (non-hydrogen) atoms. The number of nitrogen functional groups attached to an aromatic ring is 1. The fourth-order valence-electron chi connectivity index (χ4n) is 3.39. The van der Waals surface area contributed by atoms with Crippen molar-refractivity contribution < 1.29 is 14.4 Å². The van der Waals surface area contributed by atoms with Crippen molar-refractivity contribution in [2.75, 3.05) is 12.3 Å². The molecule has 6 nitrogen and oxygen atoms in total. The van der Waals surface area contributed by atoms with E-state index in [9.17, 15) is 10.1 Å². The van der Waals surface area contributed by atoms with Crippen LogP contribution in [-0.2, 0) is 6.42 Å². The highest BCUT2D eigenvalue weighted by atomic mass is 16.6. The summed E-state index contributed by atoms with van der Waals surface area (Å²) >= 11 is 0. The van der Waals surface area contributed by atoms with E-state index in [0.717, 1.165) is 38.5 Å². The first-order valence-electron chi connectivity index (χ1n) is 9.55. The summed E-state index contributed by atoms with van der Waals surface area (Å²) in [4.78, 5) is 10.7. The first-order chi connectivity index (χ1) is 13.1. The van der Waals surface area contributed by atoms with Crippen LogP contribution in [-0.4, -0.2) is 17.6 Å². The summed E-state index contributed by atoms with van der Waals surface area (Å²) in [5, 5.41) is 11.2. The molecule has 0 aliphatic heterocycles. The Kier molecular flexibility index (Phi) is 6.52. The minimum Gasteiger partial charge on any atom is -0.490 e. The van der Waals surface area contributed by atoms with E-state index in [0.29, 0.717) is 18.1 Å². The molecule has 3 rings (SSSR count). The fourth-order valence-corrected chi connectivity index (χ4v) is 3.39. The van der Waals surface area contributed by atoms with Gasteiger partial charge in [0.05, 0.1) is 23.7 Å². The Morgan fingerprint density at radius 1 is 1.07 bits per heavy atom. The molecule has 0 aromatic heterocycles. The summed E-state index contributed by atoms with van der Waals surface area (Å²) in [6.07, 6.45) is 7.20. The van der Waals surface area contributed by atoms with Crippen molar-refractivity contribution >= 4 is 11.4 Å². The van der Waals surface area contributed by atoms with Crippen molar-refractivity contribution in [2.24, 2.45) is 0 Å². The lowest BCUT2D eigenvalue weighted by atomic mass is 9.98. The quantitative estimate of drug-likeness (QED) is 0.309. The standard InChI is InChI=1S/C21H26N2O4/c22-18-14-20(26-13-7-10-16-8-3-1-4-9-16)21(15-19(18)23(24)25)27-17-11-5-2-6-12-17/h1,3-4,8-9,14-15,17H,2,5-7,10-13,22H2. The molecule has 6 heteroatoms. The van der Waals surface area contributed by atoms with Crippen LogP contribution in [0.15, 0.2) is 42.5 Å². The number of aryl methyl sites for hydroxylation is 1. The Bertz CT molecular complexity index is 758. The Labute approximate surface area is 159 Å². The lowest BCUT2D eigenvalue weighted by molar-refractivity contribution is -0.384. The highest BCUT2D eigenvalue weighted by Crippen LogP contribution is 2.38. The minimum absolute atomic E-state index is 0.0775. The van der Waals surface area contributed by atoms with Crippen LogP contribution in [0.1, 0.15) is 44.1 Å². The van der Waals surface area contributed by atoms with Crippen molar-refractivity contribution in [3.63, 3.8) is 0 Å². The van der Waals surface area contributed by atoms with Gasteiger partial charge in [-0.3, -0.25) is 10.1 Å². The fraction of sp³-hybridized carbons (Fsp3) is 0.429. The van der Waals surface area contributed by atoms with Crippen molar-refractivity contribution in [3.05, 3.63) is 58.1 Å². The number of nitro groups is 1. The smallest absolute Gasteiger partial charge is 0.296 e. The molecule has 0 bridgehead atoms. The van der Waals surface area contributed by atoms with Crippen LogP contribution in [0, 0.1) is 10.1 Å². The molecule has 2 aromatic carbocycles. The van der Waals surface area contributed by atoms with Crippen LogP contribution in [0.4, 0.5) is 11.4 Å². The van der Waals surface area contributed by atoms with Crippen LogP contribution in [0.5, 0.6) is 11.5 Å². The normalized spacial score (nSPS) is 14.7. The predicted molar refractivity (Wildman–Crippen MR) is 105 cm³/mol. The zero-order chi connectivity index (χ0) is 19.1. The monoisotopic (exact) mass is 370 g/mol. The molecule has 0 unspecified atom stereocenters. The van der Waals surface area contributed by atoms with Gasteiger partial charge in [-0.1, -0.05) is 36.8 Å². The molecule has 0 radical (unpaired) electrons. The van der Waals surface area contributed by atoms with Gasteiger partial charge in [0.1, 0.15) is 5.69 Å². The molecule has 0 spiro atoms. The molecule has 0 atom stereocenters. The van der Waals surface area contributed by atoms with E-state index in [-0.39, 0.29) is 17.5 Å². The second-order valence-corrected chi connectivity index (χ2v) is 6.93. The van der Waals surface area contributed by atoms with E-state index in [4.69, 9.17) is 15.2 Å². The molecular formula is C21H26N2O4. The Morgan fingerprint density at radius 3 is 2.52 bits per heavy atom. The lowest BCUT2D eigenvalue weighted by Gasteiger charge is -2.24. The van der Waals surface area contributed by atoms with Gasteiger partial charge in [-0.2, -0.15) is 0 Å². The summed E-state index contributed by atoms with van der Waals surface area (Å²) in [6, 6.07) is 13.1. The molecule has 1 aliphatic rings. The van der Waals surface area contributed by atoms with Crippen LogP contribution in [0.25, 0.3) is 0 Å². The number of nitrogens with two attached hydrogens (primary N) is 1. The third-order valence-electron chi connectivity index (χ3n) is 4.85. The van der Waals surface area contributed by atoms with Gasteiger partial charge in [-0.25, -0.2) is 0 Å². The molecule has 0 heterocycles. The molecule has 144 valence electrons. The lowest BCUT2D eigenvalue weighted by Crippen LogP contribution is -2.20. The van der Waals surface area contributed by atoms with Gasteiger partial charge in [0.25, 0.3) is 5.69 Å². The van der Waals surface area contributed by atoms with Crippen LogP contribution < -0.4 is 15.2 Å². The number of hydrogen-bond donors (Lipinski definition) is 1. The number of nitro benzene ring substituents is 1. The highest BCUT2D eigenvalue weighted by Gasteiger charge is 2.22. The van der Waals surface area contributed by atoms with Gasteiger partial charge >= 0.3 is 0 Å². The van der Waals surface area contributed by atoms with Crippen molar-refractivity contribution in [1.82, 2.24) is 0 Å². The number of ether oxygens (including phenoxy) is 2. The zero-order valence-corrected chi connectivity index (χ0v) is 15.4. The number of rotatable bonds is 8. The third kappa shape index (κ3) is 5.36. The maximum atomic E-state index is 11.2. The average Bonchev–Trinajstić information content (AvgIpc) is 2.68. The molecule has 0 saturated heterocycles. The molecule has 1 saturated carbocycles. The third-order valence-corrected chi connectivity index (χ3v) is 4.85. The summed E-state index contributed by atoms with van der Waals surface area (Å²) in [6.45, 7) is 0.493. The number of nitrogens with zero attached hydrogens (tertiary/aromatic N) is 1. The van der Waals surface area contributed by atoms with E-state index in [1.54, 1.807) is 0 Å². The molecule has 2 N–H and O–H groups in total.